The Morgan fingerprint density at radius 2 is 1.93 bits per heavy atom. The Kier molecular flexibility index (Phi) is 5.65. The van der Waals surface area contributed by atoms with Gasteiger partial charge >= 0.3 is 0 Å². The number of amides is 1. The Balaban J connectivity index is 1.52. The lowest BCUT2D eigenvalue weighted by Crippen LogP contribution is -2.42. The van der Waals surface area contributed by atoms with Crippen molar-refractivity contribution >= 4 is 5.91 Å². The summed E-state index contributed by atoms with van der Waals surface area (Å²) in [5.74, 6) is -1.97. The normalized spacial score (nSPS) is 15.8. The number of hydrogen-bond donors (Lipinski definition) is 0. The maximum atomic E-state index is 13.2. The number of nitrogens with zero attached hydrogens (tertiary/aromatic N) is 3. The van der Waals surface area contributed by atoms with Gasteiger partial charge < -0.3 is 9.64 Å². The van der Waals surface area contributed by atoms with Gasteiger partial charge in [-0.25, -0.2) is 13.8 Å². The Hall–Kier alpha value is -3.01. The van der Waals surface area contributed by atoms with E-state index in [0.29, 0.717) is 17.7 Å². The molecule has 1 aliphatic heterocycles. The molecule has 1 amide bonds. The minimum atomic E-state index is -2.65. The van der Waals surface area contributed by atoms with Gasteiger partial charge in [0.1, 0.15) is 17.4 Å². The van der Waals surface area contributed by atoms with Crippen molar-refractivity contribution in [3.05, 3.63) is 53.7 Å². The molecule has 7 heteroatoms. The molecule has 0 radical (unpaired) electrons. The molecular weight excluding hydrogens is 352 g/mol. The number of carbonyl (C=O) groups is 1. The van der Waals surface area contributed by atoms with Crippen LogP contribution in [0.1, 0.15) is 30.4 Å². The molecule has 27 heavy (non-hydrogen) atoms. The molecule has 0 saturated carbocycles. The second-order valence-electron chi connectivity index (χ2n) is 6.45. The Labute approximate surface area is 156 Å². The topological polar surface area (TPSA) is 66.2 Å². The minimum Gasteiger partial charge on any atom is -0.438 e. The second-order valence-corrected chi connectivity index (χ2v) is 6.45. The number of rotatable bonds is 5. The van der Waals surface area contributed by atoms with Gasteiger partial charge in [-0.05, 0) is 36.2 Å². The van der Waals surface area contributed by atoms with Crippen LogP contribution in [-0.2, 0) is 11.2 Å². The average molecular weight is 371 g/mol. The predicted molar refractivity (Wildman–Crippen MR) is 94.6 cm³/mol. The highest BCUT2D eigenvalue weighted by Crippen LogP contribution is 2.28. The number of pyridine rings is 1. The van der Waals surface area contributed by atoms with E-state index in [1.54, 1.807) is 30.5 Å². The van der Waals surface area contributed by atoms with E-state index in [9.17, 15) is 13.6 Å². The van der Waals surface area contributed by atoms with Crippen molar-refractivity contribution in [3.63, 3.8) is 0 Å². The number of aromatic nitrogens is 1. The number of aryl methyl sites for hydroxylation is 1. The molecule has 1 aliphatic rings. The van der Waals surface area contributed by atoms with Crippen LogP contribution in [0.5, 0.6) is 11.6 Å². The first kappa shape index (κ1) is 18.8. The van der Waals surface area contributed by atoms with E-state index < -0.39 is 5.92 Å². The van der Waals surface area contributed by atoms with E-state index in [0.717, 1.165) is 5.56 Å². The second kappa shape index (κ2) is 8.12. The first-order chi connectivity index (χ1) is 13.0. The summed E-state index contributed by atoms with van der Waals surface area (Å²) in [5.41, 5.74) is 1.29. The van der Waals surface area contributed by atoms with Crippen molar-refractivity contribution in [2.75, 3.05) is 13.1 Å². The number of benzene rings is 1. The standard InChI is InChI=1S/C20H19F2N3O2/c21-20(22)9-12-25(13-10-20)18(26)8-5-15-3-6-17(7-4-15)27-19-16(14-23)2-1-11-24-19/h1-4,6-7,11H,5,8-10,12-13H2. The third-order valence-corrected chi connectivity index (χ3v) is 4.50. The smallest absolute Gasteiger partial charge is 0.251 e. The van der Waals surface area contributed by atoms with Crippen LogP contribution in [0.2, 0.25) is 0 Å². The zero-order valence-electron chi connectivity index (χ0n) is 14.7. The van der Waals surface area contributed by atoms with Crippen molar-refractivity contribution in [3.8, 4) is 17.7 Å². The van der Waals surface area contributed by atoms with Gasteiger partial charge in [0.2, 0.25) is 11.8 Å². The minimum absolute atomic E-state index is 0.0991. The number of alkyl halides is 2. The summed E-state index contributed by atoms with van der Waals surface area (Å²) in [6, 6.07) is 12.5. The molecule has 5 nitrogen and oxygen atoms in total. The van der Waals surface area contributed by atoms with E-state index in [1.807, 2.05) is 18.2 Å². The molecule has 1 fully saturated rings. The third kappa shape index (κ3) is 5.00. The molecule has 1 aromatic carbocycles. The molecule has 1 saturated heterocycles. The van der Waals surface area contributed by atoms with Gasteiger partial charge in [-0.2, -0.15) is 5.26 Å². The number of ether oxygens (including phenoxy) is 1. The number of piperidine rings is 1. The molecule has 0 unspecified atom stereocenters. The molecule has 140 valence electrons. The molecule has 0 aliphatic carbocycles. The van der Waals surface area contributed by atoms with Crippen LogP contribution in [0.15, 0.2) is 42.6 Å². The van der Waals surface area contributed by atoms with E-state index in [-0.39, 0.29) is 44.1 Å². The lowest BCUT2D eigenvalue weighted by atomic mass is 10.0. The van der Waals surface area contributed by atoms with Gasteiger partial charge in [0.05, 0.1) is 0 Å². The fourth-order valence-electron chi connectivity index (χ4n) is 2.89. The molecule has 0 N–H and O–H groups in total. The van der Waals surface area contributed by atoms with Gasteiger partial charge in [0.15, 0.2) is 0 Å². The van der Waals surface area contributed by atoms with E-state index in [1.165, 1.54) is 4.90 Å². The Morgan fingerprint density at radius 1 is 1.22 bits per heavy atom. The summed E-state index contributed by atoms with van der Waals surface area (Å²) in [6.07, 6.45) is 1.84. The van der Waals surface area contributed by atoms with Crippen molar-refractivity contribution in [2.45, 2.75) is 31.6 Å². The number of halogens is 2. The monoisotopic (exact) mass is 371 g/mol. The van der Waals surface area contributed by atoms with Crippen molar-refractivity contribution in [2.24, 2.45) is 0 Å². The van der Waals surface area contributed by atoms with Crippen LogP contribution in [0.3, 0.4) is 0 Å². The molecule has 1 aromatic heterocycles. The summed E-state index contributed by atoms with van der Waals surface area (Å²) < 4.78 is 31.9. The van der Waals surface area contributed by atoms with Crippen LogP contribution in [0, 0.1) is 11.3 Å². The van der Waals surface area contributed by atoms with Crippen molar-refractivity contribution in [1.82, 2.24) is 9.88 Å². The number of carbonyl (C=O) groups excluding carboxylic acids is 1. The zero-order chi connectivity index (χ0) is 19.3. The summed E-state index contributed by atoms with van der Waals surface area (Å²) in [7, 11) is 0. The average Bonchev–Trinajstić information content (AvgIpc) is 2.67. The first-order valence-electron chi connectivity index (χ1n) is 8.74. The van der Waals surface area contributed by atoms with Crippen LogP contribution in [0.4, 0.5) is 8.78 Å². The molecule has 0 spiro atoms. The van der Waals surface area contributed by atoms with E-state index in [2.05, 4.69) is 4.98 Å². The van der Waals surface area contributed by atoms with Crippen LogP contribution in [0.25, 0.3) is 0 Å². The highest BCUT2D eigenvalue weighted by atomic mass is 19.3. The summed E-state index contributed by atoms with van der Waals surface area (Å²) in [4.78, 5) is 17.7. The van der Waals surface area contributed by atoms with Gasteiger partial charge in [-0.1, -0.05) is 12.1 Å². The van der Waals surface area contributed by atoms with Gasteiger partial charge in [-0.15, -0.1) is 0 Å². The number of nitriles is 1. The summed E-state index contributed by atoms with van der Waals surface area (Å²) in [5, 5.41) is 9.05. The van der Waals surface area contributed by atoms with E-state index in [4.69, 9.17) is 10.00 Å². The van der Waals surface area contributed by atoms with Gasteiger partial charge in [0.25, 0.3) is 5.92 Å². The van der Waals surface area contributed by atoms with Crippen LogP contribution >= 0.6 is 0 Å². The van der Waals surface area contributed by atoms with Crippen LogP contribution in [-0.4, -0.2) is 34.8 Å². The van der Waals surface area contributed by atoms with E-state index >= 15 is 0 Å². The first-order valence-corrected chi connectivity index (χ1v) is 8.74. The SMILES string of the molecule is N#Cc1cccnc1Oc1ccc(CCC(=O)N2CCC(F)(F)CC2)cc1. The van der Waals surface area contributed by atoms with Gasteiger partial charge in [0, 0.05) is 38.5 Å². The molecule has 2 heterocycles. The fraction of sp³-hybridized carbons (Fsp3) is 0.350. The number of hydrogen-bond acceptors (Lipinski definition) is 4. The summed E-state index contributed by atoms with van der Waals surface area (Å²) >= 11 is 0. The lowest BCUT2D eigenvalue weighted by Gasteiger charge is -2.31. The molecule has 0 bridgehead atoms. The molecule has 0 atom stereocenters. The third-order valence-electron chi connectivity index (χ3n) is 4.50. The summed E-state index contributed by atoms with van der Waals surface area (Å²) in [6.45, 7) is 0.230. The molecule has 3 rings (SSSR count). The predicted octanol–water partition coefficient (Wildman–Crippen LogP) is 3.94. The largest absolute Gasteiger partial charge is 0.438 e. The van der Waals surface area contributed by atoms with Crippen molar-refractivity contribution in [1.29, 1.82) is 5.26 Å². The number of likely N-dealkylation sites (tertiary alicyclic amines) is 1. The maximum absolute atomic E-state index is 13.2. The van der Waals surface area contributed by atoms with Gasteiger partial charge in [-0.3, -0.25) is 4.79 Å². The molecular formula is C20H19F2N3O2. The lowest BCUT2D eigenvalue weighted by molar-refractivity contribution is -0.137. The highest BCUT2D eigenvalue weighted by Gasteiger charge is 2.35. The Morgan fingerprint density at radius 3 is 2.59 bits per heavy atom. The van der Waals surface area contributed by atoms with Crippen LogP contribution < -0.4 is 4.74 Å². The fourth-order valence-corrected chi connectivity index (χ4v) is 2.89. The quantitative estimate of drug-likeness (QED) is 0.799. The zero-order valence-corrected chi connectivity index (χ0v) is 14.7. The highest BCUT2D eigenvalue weighted by molar-refractivity contribution is 5.76. The molecule has 2 aromatic rings. The Bertz CT molecular complexity index is 837. The maximum Gasteiger partial charge on any atom is 0.251 e. The van der Waals surface area contributed by atoms with Crippen molar-refractivity contribution < 1.29 is 18.3 Å².